The summed E-state index contributed by atoms with van der Waals surface area (Å²) in [6.45, 7) is 6.69. The molecule has 2 fully saturated rings. The zero-order chi connectivity index (χ0) is 31.1. The average molecular weight is 598 g/mol. The Bertz CT molecular complexity index is 1250. The standard InChI is InChI=1S/C31H43N5O7/c1-5-13-32-28(38)25-26(43-25)29(39)34-24(19(3)6-2)30(40)36-15-9-12-23(36)27(37)33-14-16-42-31(41)21-17-20-10-7-8-11-22(20)35(4)18-21/h7-8,10-11,18-19,23-26H,5-6,9,12-17H2,1-4H3,(H,32,38)(H,33,37)(H,34,39)/t19-,23-,24-,25-,26?/m0/s1. The topological polar surface area (TPSA) is 150 Å². The molecule has 3 heterocycles. The molecule has 0 radical (unpaired) electrons. The van der Waals surface area contributed by atoms with E-state index in [1.54, 1.807) is 6.20 Å². The maximum Gasteiger partial charge on any atom is 0.335 e. The van der Waals surface area contributed by atoms with E-state index in [1.807, 2.05) is 57.0 Å². The van der Waals surface area contributed by atoms with E-state index in [2.05, 4.69) is 16.0 Å². The molecule has 5 atom stereocenters. The molecule has 234 valence electrons. The normalized spacial score (nSPS) is 22.0. The first-order valence-corrected chi connectivity index (χ1v) is 15.2. The van der Waals surface area contributed by atoms with Gasteiger partial charge in [-0.25, -0.2) is 4.79 Å². The Morgan fingerprint density at radius 1 is 1.02 bits per heavy atom. The summed E-state index contributed by atoms with van der Waals surface area (Å²) < 4.78 is 10.7. The molecular weight excluding hydrogens is 554 g/mol. The smallest absolute Gasteiger partial charge is 0.335 e. The molecule has 12 heteroatoms. The van der Waals surface area contributed by atoms with Gasteiger partial charge in [-0.2, -0.15) is 0 Å². The number of epoxide rings is 1. The highest BCUT2D eigenvalue weighted by atomic mass is 16.6. The SMILES string of the molecule is CCCNC(=O)[C@H]1OC1C(=O)N[C@H](C(=O)N1CCC[C@H]1C(=O)NCCOC(=O)C1=CN(C)c2ccccc2C1)[C@@H](C)CC. The monoisotopic (exact) mass is 597 g/mol. The van der Waals surface area contributed by atoms with Crippen molar-refractivity contribution in [1.82, 2.24) is 20.9 Å². The van der Waals surface area contributed by atoms with Crippen LogP contribution in [-0.2, 0) is 39.9 Å². The van der Waals surface area contributed by atoms with Crippen molar-refractivity contribution in [3.63, 3.8) is 0 Å². The second-order valence-electron chi connectivity index (χ2n) is 11.3. The maximum absolute atomic E-state index is 13.6. The molecule has 0 aromatic heterocycles. The molecule has 3 aliphatic rings. The minimum atomic E-state index is -0.934. The van der Waals surface area contributed by atoms with Crippen LogP contribution < -0.4 is 20.9 Å². The van der Waals surface area contributed by atoms with Crippen LogP contribution in [0.2, 0.25) is 0 Å². The zero-order valence-corrected chi connectivity index (χ0v) is 25.4. The van der Waals surface area contributed by atoms with Crippen molar-refractivity contribution < 1.29 is 33.4 Å². The van der Waals surface area contributed by atoms with E-state index in [0.29, 0.717) is 44.3 Å². The predicted octanol–water partition coefficient (Wildman–Crippen LogP) is 1.04. The summed E-state index contributed by atoms with van der Waals surface area (Å²) in [5.41, 5.74) is 2.60. The fraction of sp³-hybridized carbons (Fsp3) is 0.581. The Balaban J connectivity index is 1.26. The first kappa shape index (κ1) is 32.0. The zero-order valence-electron chi connectivity index (χ0n) is 25.4. The Hall–Kier alpha value is -3.93. The molecule has 3 aliphatic heterocycles. The summed E-state index contributed by atoms with van der Waals surface area (Å²) in [5, 5.41) is 8.27. The van der Waals surface area contributed by atoms with Gasteiger partial charge >= 0.3 is 5.97 Å². The number of fused-ring (bicyclic) bond motifs is 1. The Kier molecular flexibility index (Phi) is 10.8. The molecule has 43 heavy (non-hydrogen) atoms. The van der Waals surface area contributed by atoms with Gasteiger partial charge in [-0.1, -0.05) is 45.4 Å². The molecular formula is C31H43N5O7. The highest BCUT2D eigenvalue weighted by molar-refractivity contribution is 5.98. The number of amides is 4. The number of nitrogens with zero attached hydrogens (tertiary/aromatic N) is 2. The van der Waals surface area contributed by atoms with Crippen LogP contribution >= 0.6 is 0 Å². The van der Waals surface area contributed by atoms with Crippen molar-refractivity contribution in [3.8, 4) is 0 Å². The number of hydrogen-bond donors (Lipinski definition) is 3. The van der Waals surface area contributed by atoms with Crippen LogP contribution in [0.3, 0.4) is 0 Å². The van der Waals surface area contributed by atoms with E-state index in [9.17, 15) is 24.0 Å². The summed E-state index contributed by atoms with van der Waals surface area (Å²) in [5.74, 6) is -2.17. The quantitative estimate of drug-likeness (QED) is 0.174. The number of para-hydroxylation sites is 1. The van der Waals surface area contributed by atoms with E-state index >= 15 is 0 Å². The van der Waals surface area contributed by atoms with Crippen LogP contribution in [0.25, 0.3) is 0 Å². The van der Waals surface area contributed by atoms with E-state index in [0.717, 1.165) is 17.7 Å². The molecule has 2 saturated heterocycles. The molecule has 0 saturated carbocycles. The maximum atomic E-state index is 13.6. The van der Waals surface area contributed by atoms with Crippen LogP contribution in [0.4, 0.5) is 5.69 Å². The number of anilines is 1. The number of hydrogen-bond acceptors (Lipinski definition) is 8. The van der Waals surface area contributed by atoms with Crippen LogP contribution in [0.1, 0.15) is 52.0 Å². The molecule has 0 bridgehead atoms. The molecule has 1 unspecified atom stereocenters. The Labute approximate surface area is 252 Å². The van der Waals surface area contributed by atoms with E-state index in [1.165, 1.54) is 4.90 Å². The first-order chi connectivity index (χ1) is 20.7. The molecule has 3 N–H and O–H groups in total. The minimum absolute atomic E-state index is 0.00607. The number of rotatable bonds is 13. The highest BCUT2D eigenvalue weighted by Gasteiger charge is 2.51. The minimum Gasteiger partial charge on any atom is -0.460 e. The van der Waals surface area contributed by atoms with Crippen molar-refractivity contribution >= 4 is 35.3 Å². The van der Waals surface area contributed by atoms with E-state index in [4.69, 9.17) is 9.47 Å². The summed E-state index contributed by atoms with van der Waals surface area (Å²) in [6.07, 6.45) is 2.96. The third-order valence-electron chi connectivity index (χ3n) is 8.17. The van der Waals surface area contributed by atoms with Crippen molar-refractivity contribution in [1.29, 1.82) is 0 Å². The van der Waals surface area contributed by atoms with Crippen molar-refractivity contribution in [2.75, 3.05) is 38.2 Å². The highest BCUT2D eigenvalue weighted by Crippen LogP contribution is 2.28. The average Bonchev–Trinajstić information content (AvgIpc) is 3.67. The second-order valence-corrected chi connectivity index (χ2v) is 11.3. The number of carbonyl (C=O) groups is 5. The number of esters is 1. The fourth-order valence-electron chi connectivity index (χ4n) is 5.47. The van der Waals surface area contributed by atoms with Gasteiger partial charge < -0.3 is 35.2 Å². The van der Waals surface area contributed by atoms with Crippen molar-refractivity contribution in [2.24, 2.45) is 5.92 Å². The molecule has 1 aromatic carbocycles. The molecule has 12 nitrogen and oxygen atoms in total. The van der Waals surface area contributed by atoms with Crippen LogP contribution in [-0.4, -0.2) is 92.1 Å². The van der Waals surface area contributed by atoms with Gasteiger partial charge in [0.05, 0.1) is 12.1 Å². The van der Waals surface area contributed by atoms with Crippen molar-refractivity contribution in [2.45, 2.75) is 77.2 Å². The third kappa shape index (κ3) is 7.73. The lowest BCUT2D eigenvalue weighted by Crippen LogP contribution is -2.56. The Morgan fingerprint density at radius 3 is 2.49 bits per heavy atom. The van der Waals surface area contributed by atoms with E-state index in [-0.39, 0.29) is 36.8 Å². The number of nitrogens with one attached hydrogen (secondary N) is 3. The lowest BCUT2D eigenvalue weighted by atomic mass is 9.97. The first-order valence-electron chi connectivity index (χ1n) is 15.2. The molecule has 0 aliphatic carbocycles. The second kappa shape index (κ2) is 14.5. The van der Waals surface area contributed by atoms with Gasteiger partial charge in [-0.3, -0.25) is 19.2 Å². The lowest BCUT2D eigenvalue weighted by molar-refractivity contribution is -0.143. The number of likely N-dealkylation sites (tertiary alicyclic amines) is 1. The largest absolute Gasteiger partial charge is 0.460 e. The summed E-state index contributed by atoms with van der Waals surface area (Å²) in [7, 11) is 1.88. The Morgan fingerprint density at radius 2 is 1.74 bits per heavy atom. The number of carbonyl (C=O) groups excluding carboxylic acids is 5. The summed E-state index contributed by atoms with van der Waals surface area (Å²) in [4.78, 5) is 67.8. The number of benzene rings is 1. The van der Waals surface area contributed by atoms with Crippen LogP contribution in [0, 0.1) is 5.92 Å². The van der Waals surface area contributed by atoms with Gasteiger partial charge in [0.1, 0.15) is 18.7 Å². The van der Waals surface area contributed by atoms with Crippen LogP contribution in [0.15, 0.2) is 36.0 Å². The molecule has 0 spiro atoms. The molecule has 1 aromatic rings. The van der Waals surface area contributed by atoms with E-state index < -0.39 is 36.2 Å². The fourth-order valence-corrected chi connectivity index (χ4v) is 5.47. The van der Waals surface area contributed by atoms with Gasteiger partial charge in [0.15, 0.2) is 12.2 Å². The van der Waals surface area contributed by atoms with Crippen molar-refractivity contribution in [3.05, 3.63) is 41.6 Å². The van der Waals surface area contributed by atoms with Gasteiger partial charge in [0.25, 0.3) is 11.8 Å². The van der Waals surface area contributed by atoms with Gasteiger partial charge in [-0.05, 0) is 36.8 Å². The molecule has 4 rings (SSSR count). The summed E-state index contributed by atoms with van der Waals surface area (Å²) >= 11 is 0. The van der Waals surface area contributed by atoms with Gasteiger partial charge in [0, 0.05) is 38.4 Å². The molecule has 4 amide bonds. The van der Waals surface area contributed by atoms with Gasteiger partial charge in [-0.15, -0.1) is 0 Å². The predicted molar refractivity (Wildman–Crippen MR) is 159 cm³/mol. The number of ether oxygens (including phenoxy) is 2. The van der Waals surface area contributed by atoms with Crippen LogP contribution in [0.5, 0.6) is 0 Å². The summed E-state index contributed by atoms with van der Waals surface area (Å²) in [6, 6.07) is 6.29. The lowest BCUT2D eigenvalue weighted by Gasteiger charge is -2.31. The third-order valence-corrected chi connectivity index (χ3v) is 8.17. The van der Waals surface area contributed by atoms with Gasteiger partial charge in [0.2, 0.25) is 11.8 Å².